The van der Waals surface area contributed by atoms with Gasteiger partial charge in [-0.1, -0.05) is 6.92 Å². The number of nitrogens with one attached hydrogen (secondary N) is 2. The fourth-order valence-corrected chi connectivity index (χ4v) is 3.10. The molecular weight excluding hydrogens is 354 g/mol. The van der Waals surface area contributed by atoms with Gasteiger partial charge in [0, 0.05) is 10.5 Å². The van der Waals surface area contributed by atoms with Crippen LogP contribution in [-0.4, -0.2) is 45.6 Å². The van der Waals surface area contributed by atoms with Crippen molar-refractivity contribution < 1.29 is 9.47 Å². The van der Waals surface area contributed by atoms with E-state index in [2.05, 4.69) is 25.6 Å². The van der Waals surface area contributed by atoms with E-state index >= 15 is 0 Å². The first kappa shape index (κ1) is 18.0. The van der Waals surface area contributed by atoms with E-state index in [1.165, 1.54) is 11.8 Å². The highest BCUT2D eigenvalue weighted by atomic mass is 32.2. The van der Waals surface area contributed by atoms with Gasteiger partial charge in [-0.05, 0) is 47.4 Å². The van der Waals surface area contributed by atoms with Crippen LogP contribution in [0.1, 0.15) is 13.3 Å². The van der Waals surface area contributed by atoms with Crippen LogP contribution in [0.3, 0.4) is 0 Å². The van der Waals surface area contributed by atoms with E-state index in [-0.39, 0.29) is 5.56 Å². The van der Waals surface area contributed by atoms with E-state index < -0.39 is 0 Å². The van der Waals surface area contributed by atoms with Crippen LogP contribution < -0.4 is 15.0 Å². The summed E-state index contributed by atoms with van der Waals surface area (Å²) in [5.41, 5.74) is 1.66. The van der Waals surface area contributed by atoms with Gasteiger partial charge in [0.2, 0.25) is 0 Å². The van der Waals surface area contributed by atoms with Gasteiger partial charge in [-0.15, -0.1) is 16.9 Å². The summed E-state index contributed by atoms with van der Waals surface area (Å²) >= 11 is 1.52. The molecule has 0 saturated carbocycles. The molecule has 0 atom stereocenters. The third-order valence-electron chi connectivity index (χ3n) is 3.74. The highest BCUT2D eigenvalue weighted by molar-refractivity contribution is 7.98. The zero-order chi connectivity index (χ0) is 18.5. The number of ether oxygens (including phenoxy) is 2. The fourth-order valence-electron chi connectivity index (χ4n) is 2.49. The molecule has 0 spiro atoms. The number of hydrogen-bond donors (Lipinski definition) is 2. The van der Waals surface area contributed by atoms with Crippen molar-refractivity contribution in [3.8, 4) is 34.1 Å². The van der Waals surface area contributed by atoms with Crippen LogP contribution in [-0.2, 0) is 0 Å². The molecule has 0 bridgehead atoms. The van der Waals surface area contributed by atoms with Crippen molar-refractivity contribution in [1.29, 1.82) is 0 Å². The van der Waals surface area contributed by atoms with Crippen LogP contribution in [0.25, 0.3) is 22.6 Å². The number of aromatic amines is 2. The summed E-state index contributed by atoms with van der Waals surface area (Å²) in [4.78, 5) is 16.3. The minimum absolute atomic E-state index is 0.275. The Labute approximate surface area is 154 Å². The van der Waals surface area contributed by atoms with E-state index in [0.717, 1.165) is 16.9 Å². The SMILES string of the molecule is CCCOc1cc(-c2[nH]c(=O)c(-c3nnn[nH]3)cc2SC)ccc1OC. The third kappa shape index (κ3) is 3.57. The molecule has 0 aliphatic carbocycles. The summed E-state index contributed by atoms with van der Waals surface area (Å²) in [6, 6.07) is 7.36. The molecule has 0 saturated heterocycles. The molecule has 0 aliphatic heterocycles. The number of thioether (sulfide) groups is 1. The maximum absolute atomic E-state index is 12.5. The van der Waals surface area contributed by atoms with Crippen molar-refractivity contribution in [2.45, 2.75) is 18.2 Å². The second-order valence-electron chi connectivity index (χ2n) is 5.42. The van der Waals surface area contributed by atoms with Gasteiger partial charge in [-0.25, -0.2) is 5.10 Å². The van der Waals surface area contributed by atoms with Crippen LogP contribution in [0.4, 0.5) is 0 Å². The molecule has 9 heteroatoms. The van der Waals surface area contributed by atoms with Gasteiger partial charge in [0.15, 0.2) is 17.3 Å². The van der Waals surface area contributed by atoms with E-state index in [0.29, 0.717) is 35.2 Å². The van der Waals surface area contributed by atoms with E-state index in [9.17, 15) is 4.79 Å². The largest absolute Gasteiger partial charge is 0.493 e. The molecular formula is C17H19N5O3S. The number of tetrazole rings is 1. The second kappa shape index (κ2) is 8.05. The summed E-state index contributed by atoms with van der Waals surface area (Å²) in [6.07, 6.45) is 2.83. The standard InChI is InChI=1S/C17H19N5O3S/c1-4-7-25-13-8-10(5-6-12(13)24-2)15-14(26-3)9-11(17(23)18-15)16-19-21-22-20-16/h5-6,8-9H,4,7H2,1-3H3,(H,18,23)(H,19,20,21,22). The van der Waals surface area contributed by atoms with Gasteiger partial charge in [0.25, 0.3) is 5.56 Å². The zero-order valence-electron chi connectivity index (χ0n) is 14.7. The molecule has 2 aromatic heterocycles. The summed E-state index contributed by atoms with van der Waals surface area (Å²) in [5.74, 6) is 1.62. The maximum atomic E-state index is 12.5. The Bertz CT molecular complexity index is 940. The monoisotopic (exact) mass is 373 g/mol. The number of aromatic nitrogens is 5. The Kier molecular flexibility index (Phi) is 5.57. The van der Waals surface area contributed by atoms with Crippen molar-refractivity contribution >= 4 is 11.8 Å². The molecule has 0 unspecified atom stereocenters. The molecule has 3 rings (SSSR count). The Hall–Kier alpha value is -2.81. The second-order valence-corrected chi connectivity index (χ2v) is 6.27. The van der Waals surface area contributed by atoms with E-state index in [1.807, 2.05) is 31.4 Å². The summed E-state index contributed by atoms with van der Waals surface area (Å²) in [7, 11) is 1.60. The summed E-state index contributed by atoms with van der Waals surface area (Å²) < 4.78 is 11.1. The molecule has 8 nitrogen and oxygen atoms in total. The van der Waals surface area contributed by atoms with Gasteiger partial charge in [0.1, 0.15) is 0 Å². The lowest BCUT2D eigenvalue weighted by Gasteiger charge is -2.14. The number of benzene rings is 1. The maximum Gasteiger partial charge on any atom is 0.259 e. The van der Waals surface area contributed by atoms with Crippen molar-refractivity contribution in [2.24, 2.45) is 0 Å². The van der Waals surface area contributed by atoms with Crippen LogP contribution in [0, 0.1) is 0 Å². The van der Waals surface area contributed by atoms with E-state index in [4.69, 9.17) is 9.47 Å². The van der Waals surface area contributed by atoms with Crippen molar-refractivity contribution in [1.82, 2.24) is 25.6 Å². The zero-order valence-corrected chi connectivity index (χ0v) is 15.5. The molecule has 1 aromatic carbocycles. The molecule has 136 valence electrons. The summed E-state index contributed by atoms with van der Waals surface area (Å²) in [6.45, 7) is 2.62. The predicted octanol–water partition coefficient (Wildman–Crippen LogP) is 2.74. The highest BCUT2D eigenvalue weighted by Crippen LogP contribution is 2.35. The molecule has 0 fully saturated rings. The van der Waals surface area contributed by atoms with Gasteiger partial charge in [-0.2, -0.15) is 0 Å². The molecule has 2 heterocycles. The van der Waals surface area contributed by atoms with Gasteiger partial charge < -0.3 is 14.5 Å². The van der Waals surface area contributed by atoms with Crippen LogP contribution in [0.15, 0.2) is 34.0 Å². The average Bonchev–Trinajstić information content (AvgIpc) is 3.20. The van der Waals surface area contributed by atoms with Gasteiger partial charge in [0.05, 0.1) is 25.0 Å². The third-order valence-corrected chi connectivity index (χ3v) is 4.50. The Balaban J connectivity index is 2.09. The topological polar surface area (TPSA) is 106 Å². The molecule has 0 amide bonds. The van der Waals surface area contributed by atoms with Gasteiger partial charge in [-0.3, -0.25) is 4.79 Å². The van der Waals surface area contributed by atoms with E-state index in [1.54, 1.807) is 13.2 Å². The molecule has 3 aromatic rings. The lowest BCUT2D eigenvalue weighted by Crippen LogP contribution is -2.12. The summed E-state index contributed by atoms with van der Waals surface area (Å²) in [5, 5.41) is 13.5. The lowest BCUT2D eigenvalue weighted by atomic mass is 10.1. The number of methoxy groups -OCH3 is 1. The molecule has 26 heavy (non-hydrogen) atoms. The first-order valence-electron chi connectivity index (χ1n) is 8.04. The number of pyridine rings is 1. The van der Waals surface area contributed by atoms with Crippen molar-refractivity contribution in [2.75, 3.05) is 20.0 Å². The number of H-pyrrole nitrogens is 2. The Morgan fingerprint density at radius 3 is 2.73 bits per heavy atom. The minimum atomic E-state index is -0.275. The normalized spacial score (nSPS) is 10.7. The quantitative estimate of drug-likeness (QED) is 0.613. The Morgan fingerprint density at radius 1 is 1.23 bits per heavy atom. The first-order valence-corrected chi connectivity index (χ1v) is 9.27. The van der Waals surface area contributed by atoms with Crippen molar-refractivity contribution in [3.05, 3.63) is 34.6 Å². The minimum Gasteiger partial charge on any atom is -0.493 e. The Morgan fingerprint density at radius 2 is 2.08 bits per heavy atom. The molecule has 0 aliphatic rings. The lowest BCUT2D eigenvalue weighted by molar-refractivity contribution is 0.294. The van der Waals surface area contributed by atoms with Gasteiger partial charge >= 0.3 is 0 Å². The predicted molar refractivity (Wildman–Crippen MR) is 99.8 cm³/mol. The van der Waals surface area contributed by atoms with Crippen LogP contribution in [0.2, 0.25) is 0 Å². The average molecular weight is 373 g/mol. The molecule has 0 radical (unpaired) electrons. The fraction of sp³-hybridized carbons (Fsp3) is 0.294. The number of rotatable bonds is 7. The molecule has 2 N–H and O–H groups in total. The number of nitrogens with zero attached hydrogens (tertiary/aromatic N) is 3. The number of hydrogen-bond acceptors (Lipinski definition) is 7. The smallest absolute Gasteiger partial charge is 0.259 e. The highest BCUT2D eigenvalue weighted by Gasteiger charge is 2.15. The van der Waals surface area contributed by atoms with Crippen LogP contribution >= 0.6 is 11.8 Å². The van der Waals surface area contributed by atoms with Crippen LogP contribution in [0.5, 0.6) is 11.5 Å². The first-order chi connectivity index (χ1) is 12.7. The van der Waals surface area contributed by atoms with Crippen molar-refractivity contribution in [3.63, 3.8) is 0 Å².